The normalized spacial score (nSPS) is 31.5. The van der Waals surface area contributed by atoms with Crippen LogP contribution in [0.3, 0.4) is 0 Å². The Balaban J connectivity index is 1.25. The van der Waals surface area contributed by atoms with Gasteiger partial charge in [0, 0.05) is 24.4 Å². The minimum absolute atomic E-state index is 0.0956. The van der Waals surface area contributed by atoms with E-state index >= 15 is 0 Å². The molecule has 3 aliphatic rings. The van der Waals surface area contributed by atoms with Crippen molar-refractivity contribution in [2.45, 2.75) is 56.5 Å². The summed E-state index contributed by atoms with van der Waals surface area (Å²) in [6, 6.07) is 7.68. The zero-order chi connectivity index (χ0) is 23.6. The van der Waals surface area contributed by atoms with Gasteiger partial charge < -0.3 is 29.2 Å². The van der Waals surface area contributed by atoms with E-state index in [1.54, 1.807) is 0 Å². The van der Waals surface area contributed by atoms with E-state index in [2.05, 4.69) is 21.9 Å². The second-order valence-electron chi connectivity index (χ2n) is 9.42. The molecule has 2 aromatic heterocycles. The van der Waals surface area contributed by atoms with Crippen LogP contribution in [-0.2, 0) is 14.2 Å². The van der Waals surface area contributed by atoms with Crippen molar-refractivity contribution >= 4 is 40.4 Å². The Bertz CT molecular complexity index is 1280. The summed E-state index contributed by atoms with van der Waals surface area (Å²) in [7, 11) is 0. The number of hydrogen-bond donors (Lipinski definition) is 1. The molecular weight excluding hydrogens is 458 g/mol. The summed E-state index contributed by atoms with van der Waals surface area (Å²) in [5, 5.41) is 0.670. The molecule has 0 aliphatic carbocycles. The van der Waals surface area contributed by atoms with Crippen LogP contribution in [0.2, 0.25) is 0 Å². The molecule has 2 N–H and O–H groups in total. The summed E-state index contributed by atoms with van der Waals surface area (Å²) in [5.74, 6) is 0.572. The lowest BCUT2D eigenvalue weighted by Gasteiger charge is -2.25. The van der Waals surface area contributed by atoms with Crippen molar-refractivity contribution in [2.75, 3.05) is 12.3 Å². The Hall–Kier alpha value is -2.72. The number of nitrogen functional groups attached to an aromatic ring is 1. The van der Waals surface area contributed by atoms with Crippen LogP contribution in [0.15, 0.2) is 41.8 Å². The van der Waals surface area contributed by atoms with Crippen LogP contribution in [-0.4, -0.2) is 51.5 Å². The van der Waals surface area contributed by atoms with Gasteiger partial charge in [-0.1, -0.05) is 13.0 Å². The lowest BCUT2D eigenvalue weighted by molar-refractivity contribution is -0.198. The van der Waals surface area contributed by atoms with E-state index in [4.69, 9.17) is 36.3 Å². The zero-order valence-corrected chi connectivity index (χ0v) is 19.8. The van der Waals surface area contributed by atoms with E-state index < -0.39 is 12.0 Å². The van der Waals surface area contributed by atoms with Gasteiger partial charge in [-0.3, -0.25) is 4.99 Å². The first-order valence-electron chi connectivity index (χ1n) is 11.3. The monoisotopic (exact) mass is 483 g/mol. The molecule has 10 heteroatoms. The summed E-state index contributed by atoms with van der Waals surface area (Å²) in [6.45, 7) is 6.15. The van der Waals surface area contributed by atoms with Crippen LogP contribution >= 0.6 is 11.6 Å². The van der Waals surface area contributed by atoms with Gasteiger partial charge in [-0.25, -0.2) is 9.97 Å². The van der Waals surface area contributed by atoms with Crippen LogP contribution in [0.5, 0.6) is 5.75 Å². The molecule has 34 heavy (non-hydrogen) atoms. The van der Waals surface area contributed by atoms with Crippen molar-refractivity contribution in [1.82, 2.24) is 14.5 Å². The van der Waals surface area contributed by atoms with E-state index in [0.29, 0.717) is 17.2 Å². The number of halogens is 1. The second-order valence-corrected chi connectivity index (χ2v) is 9.89. The maximum absolute atomic E-state index is 6.53. The van der Waals surface area contributed by atoms with Gasteiger partial charge in [0.15, 0.2) is 12.0 Å². The van der Waals surface area contributed by atoms with Crippen LogP contribution in [0.25, 0.3) is 11.0 Å². The molecule has 0 saturated carbocycles. The number of alkyl halides is 1. The first-order chi connectivity index (χ1) is 16.3. The zero-order valence-electron chi connectivity index (χ0n) is 19.1. The highest BCUT2D eigenvalue weighted by molar-refractivity contribution is 6.22. The molecule has 6 atom stereocenters. The van der Waals surface area contributed by atoms with E-state index in [1.165, 1.54) is 6.33 Å². The average Bonchev–Trinajstić information content (AvgIpc) is 3.46. The Morgan fingerprint density at radius 2 is 2.00 bits per heavy atom. The summed E-state index contributed by atoms with van der Waals surface area (Å²) >= 11 is 6.53. The fourth-order valence-corrected chi connectivity index (χ4v) is 5.16. The smallest absolute Gasteiger partial charge is 0.164 e. The maximum atomic E-state index is 6.53. The summed E-state index contributed by atoms with van der Waals surface area (Å²) in [5.41, 5.74) is 8.55. The van der Waals surface area contributed by atoms with Gasteiger partial charge in [-0.05, 0) is 31.5 Å². The summed E-state index contributed by atoms with van der Waals surface area (Å²) < 4.78 is 26.9. The Labute approximate surface area is 201 Å². The molecule has 0 spiro atoms. The Morgan fingerprint density at radius 3 is 2.85 bits per heavy atom. The van der Waals surface area contributed by atoms with Crippen molar-refractivity contribution in [3.8, 4) is 5.75 Å². The number of nitrogens with zero attached hydrogens (tertiary/aromatic N) is 4. The van der Waals surface area contributed by atoms with Gasteiger partial charge in [-0.15, -0.1) is 11.6 Å². The van der Waals surface area contributed by atoms with E-state index in [0.717, 1.165) is 16.6 Å². The van der Waals surface area contributed by atoms with Crippen molar-refractivity contribution in [3.05, 3.63) is 42.4 Å². The minimum atomic E-state index is -0.737. The van der Waals surface area contributed by atoms with Gasteiger partial charge in [0.05, 0.1) is 16.5 Å². The maximum Gasteiger partial charge on any atom is 0.164 e. The number of ether oxygens (including phenoxy) is 4. The fraction of sp³-hybridized carbons (Fsp3) is 0.458. The number of nitrogens with two attached hydrogens (primary N) is 1. The third-order valence-electron chi connectivity index (χ3n) is 6.56. The van der Waals surface area contributed by atoms with Crippen LogP contribution in [0.4, 0.5) is 11.5 Å². The van der Waals surface area contributed by atoms with Crippen molar-refractivity contribution in [3.63, 3.8) is 0 Å². The largest absolute Gasteiger partial charge is 0.491 e. The molecule has 3 aromatic rings. The predicted molar refractivity (Wildman–Crippen MR) is 128 cm³/mol. The number of hydrogen-bond acceptors (Lipinski definition) is 8. The van der Waals surface area contributed by atoms with Crippen LogP contribution < -0.4 is 10.5 Å². The van der Waals surface area contributed by atoms with Crippen LogP contribution in [0, 0.1) is 5.92 Å². The second kappa shape index (κ2) is 7.91. The molecule has 2 unspecified atom stereocenters. The molecule has 1 aromatic carbocycles. The lowest BCUT2D eigenvalue weighted by Crippen LogP contribution is -2.33. The molecule has 5 heterocycles. The van der Waals surface area contributed by atoms with Crippen molar-refractivity contribution < 1.29 is 18.9 Å². The van der Waals surface area contributed by atoms with Crippen molar-refractivity contribution in [2.24, 2.45) is 10.9 Å². The first kappa shape index (κ1) is 21.8. The number of aliphatic imine (C=N–C) groups is 1. The molecule has 0 radical (unpaired) electrons. The molecule has 0 amide bonds. The van der Waals surface area contributed by atoms with Gasteiger partial charge in [0.1, 0.15) is 48.5 Å². The van der Waals surface area contributed by atoms with Gasteiger partial charge in [0.2, 0.25) is 0 Å². The number of rotatable bonds is 4. The van der Waals surface area contributed by atoms with Gasteiger partial charge in [0.25, 0.3) is 0 Å². The number of anilines is 1. The molecule has 9 nitrogen and oxygen atoms in total. The highest BCUT2D eigenvalue weighted by Gasteiger charge is 2.56. The third kappa shape index (κ3) is 3.54. The third-order valence-corrected chi connectivity index (χ3v) is 7.20. The number of benzene rings is 1. The fourth-order valence-electron chi connectivity index (χ4n) is 4.91. The lowest BCUT2D eigenvalue weighted by atomic mass is 9.97. The van der Waals surface area contributed by atoms with Gasteiger partial charge in [-0.2, -0.15) is 0 Å². The minimum Gasteiger partial charge on any atom is -0.491 e. The molecule has 178 valence electrons. The molecule has 3 aliphatic heterocycles. The first-order valence-corrected chi connectivity index (χ1v) is 11.8. The predicted octanol–water partition coefficient (Wildman–Crippen LogP) is 4.14. The topological polar surface area (TPSA) is 106 Å². The molecule has 0 bridgehead atoms. The SMILES string of the molecule is CC1C=Nc2cc(OC[C@H]3O[C@@H](n4ccc5c(N)ncnc54)[C@@H]4OC(C)(C)O[C@@H]43)ccc2C1Cl. The van der Waals surface area contributed by atoms with Gasteiger partial charge >= 0.3 is 0 Å². The summed E-state index contributed by atoms with van der Waals surface area (Å²) in [4.78, 5) is 13.0. The van der Waals surface area contributed by atoms with E-state index in [-0.39, 0.29) is 36.2 Å². The molecular formula is C24H26ClN5O4. The van der Waals surface area contributed by atoms with E-state index in [1.807, 2.05) is 55.1 Å². The van der Waals surface area contributed by atoms with Crippen molar-refractivity contribution in [1.29, 1.82) is 0 Å². The van der Waals surface area contributed by atoms with Crippen LogP contribution in [0.1, 0.15) is 37.9 Å². The Morgan fingerprint density at radius 1 is 1.18 bits per heavy atom. The number of fused-ring (bicyclic) bond motifs is 3. The Kier molecular flexibility index (Phi) is 5.07. The highest BCUT2D eigenvalue weighted by Crippen LogP contribution is 2.45. The summed E-state index contributed by atoms with van der Waals surface area (Å²) in [6.07, 6.45) is 3.78. The molecule has 2 fully saturated rings. The highest BCUT2D eigenvalue weighted by atomic mass is 35.5. The van der Waals surface area contributed by atoms with E-state index in [9.17, 15) is 0 Å². The molecule has 2 saturated heterocycles. The quantitative estimate of drug-likeness (QED) is 0.556. The average molecular weight is 484 g/mol. The standard InChI is InChI=1S/C24H26ClN5O4/c1-12-9-27-16-8-13(4-5-14(16)18(12)25)31-10-17-19-20(34-24(2,3)33-19)23(32-17)30-7-6-15-21(26)28-11-29-22(15)30/h4-9,11-12,17-20,23H,10H2,1-3H3,(H2,26,28,29)/t12?,17-,18?,19-,20-,23-/m1/s1. The number of aromatic nitrogens is 3. The molecule has 6 rings (SSSR count).